The van der Waals surface area contributed by atoms with Crippen LogP contribution in [0, 0.1) is 0 Å². The smallest absolute Gasteiger partial charge is 0.258 e. The Morgan fingerprint density at radius 2 is 2.00 bits per heavy atom. The second-order valence-electron chi connectivity index (χ2n) is 5.72. The number of amides is 1. The first-order chi connectivity index (χ1) is 10.6. The molecule has 0 aromatic heterocycles. The molecule has 1 amide bonds. The number of hydrogen-bond acceptors (Lipinski definition) is 4. The summed E-state index contributed by atoms with van der Waals surface area (Å²) in [6.45, 7) is 1.75. The van der Waals surface area contributed by atoms with Crippen LogP contribution in [0.25, 0.3) is 0 Å². The summed E-state index contributed by atoms with van der Waals surface area (Å²) >= 11 is 0. The van der Waals surface area contributed by atoms with Crippen molar-refractivity contribution >= 4 is 17.4 Å². The highest BCUT2D eigenvalue weighted by Crippen LogP contribution is 2.23. The first kappa shape index (κ1) is 16.3. The lowest BCUT2D eigenvalue weighted by Crippen LogP contribution is -2.39. The molecule has 0 radical (unpaired) electrons. The Morgan fingerprint density at radius 3 is 2.64 bits per heavy atom. The molecule has 1 aromatic rings. The number of nitrogens with two attached hydrogens (primary N) is 1. The van der Waals surface area contributed by atoms with Gasteiger partial charge in [0.1, 0.15) is 5.75 Å². The van der Waals surface area contributed by atoms with Gasteiger partial charge in [-0.15, -0.1) is 0 Å². The molecule has 120 valence electrons. The van der Waals surface area contributed by atoms with Crippen LogP contribution in [0.2, 0.25) is 0 Å². The Balaban J connectivity index is 1.85. The van der Waals surface area contributed by atoms with Gasteiger partial charge < -0.3 is 15.8 Å². The Kier molecular flexibility index (Phi) is 5.81. The lowest BCUT2D eigenvalue weighted by atomic mass is 9.95. The minimum Gasteiger partial charge on any atom is -0.482 e. The maximum atomic E-state index is 11.9. The van der Waals surface area contributed by atoms with E-state index in [1.807, 2.05) is 0 Å². The van der Waals surface area contributed by atoms with E-state index < -0.39 is 0 Å². The van der Waals surface area contributed by atoms with Gasteiger partial charge in [0, 0.05) is 18.0 Å². The molecule has 1 saturated carbocycles. The Hall–Kier alpha value is -2.04. The predicted octanol–water partition coefficient (Wildman–Crippen LogP) is 2.69. The van der Waals surface area contributed by atoms with Gasteiger partial charge in [-0.05, 0) is 31.0 Å². The van der Waals surface area contributed by atoms with Crippen LogP contribution >= 0.6 is 0 Å². The highest BCUT2D eigenvalue weighted by Gasteiger charge is 2.16. The molecular formula is C17H24N2O3. The average molecular weight is 304 g/mol. The van der Waals surface area contributed by atoms with Crippen LogP contribution in [-0.4, -0.2) is 24.3 Å². The van der Waals surface area contributed by atoms with Gasteiger partial charge in [0.05, 0.1) is 5.69 Å². The van der Waals surface area contributed by atoms with Crippen molar-refractivity contribution in [3.05, 3.63) is 23.8 Å². The van der Waals surface area contributed by atoms with E-state index in [0.717, 1.165) is 12.8 Å². The first-order valence-electron chi connectivity index (χ1n) is 7.95. The number of benzene rings is 1. The van der Waals surface area contributed by atoms with Gasteiger partial charge >= 0.3 is 0 Å². The fraction of sp³-hybridized carbons (Fsp3) is 0.529. The van der Waals surface area contributed by atoms with Crippen LogP contribution in [0.15, 0.2) is 18.2 Å². The number of hydrogen-bond donors (Lipinski definition) is 2. The molecule has 5 heteroatoms. The lowest BCUT2D eigenvalue weighted by Gasteiger charge is -2.22. The fourth-order valence-corrected chi connectivity index (χ4v) is 2.72. The quantitative estimate of drug-likeness (QED) is 0.625. The summed E-state index contributed by atoms with van der Waals surface area (Å²) in [5.41, 5.74) is 6.82. The van der Waals surface area contributed by atoms with Crippen molar-refractivity contribution in [1.29, 1.82) is 0 Å². The molecule has 0 unspecified atom stereocenters. The third-order valence-corrected chi connectivity index (χ3v) is 3.98. The number of anilines is 1. The summed E-state index contributed by atoms with van der Waals surface area (Å²) in [5, 5.41) is 2.99. The number of carbonyl (C=O) groups excluding carboxylic acids is 2. The highest BCUT2D eigenvalue weighted by atomic mass is 16.5. The second-order valence-corrected chi connectivity index (χ2v) is 5.72. The van der Waals surface area contributed by atoms with Crippen molar-refractivity contribution in [1.82, 2.24) is 5.32 Å². The van der Waals surface area contributed by atoms with Gasteiger partial charge in [-0.1, -0.05) is 26.2 Å². The SMILES string of the molecule is CCC(=O)c1ccc(OCC(=O)NC2CCCCC2)c(N)c1. The maximum absolute atomic E-state index is 11.9. The van der Waals surface area contributed by atoms with E-state index in [4.69, 9.17) is 10.5 Å². The van der Waals surface area contributed by atoms with E-state index >= 15 is 0 Å². The number of carbonyl (C=O) groups is 2. The van der Waals surface area contributed by atoms with Crippen molar-refractivity contribution in [2.45, 2.75) is 51.5 Å². The van der Waals surface area contributed by atoms with Gasteiger partial charge in [0.15, 0.2) is 12.4 Å². The normalized spacial score (nSPS) is 15.3. The Morgan fingerprint density at radius 1 is 1.27 bits per heavy atom. The zero-order valence-corrected chi connectivity index (χ0v) is 13.1. The van der Waals surface area contributed by atoms with Crippen molar-refractivity contribution < 1.29 is 14.3 Å². The van der Waals surface area contributed by atoms with E-state index in [9.17, 15) is 9.59 Å². The number of Topliss-reactive ketones (excluding diaryl/α,β-unsaturated/α-hetero) is 1. The summed E-state index contributed by atoms with van der Waals surface area (Å²) in [4.78, 5) is 23.5. The molecule has 0 spiro atoms. The summed E-state index contributed by atoms with van der Waals surface area (Å²) in [5.74, 6) is 0.347. The van der Waals surface area contributed by atoms with Crippen LogP contribution in [0.3, 0.4) is 0 Å². The highest BCUT2D eigenvalue weighted by molar-refractivity contribution is 5.97. The van der Waals surface area contributed by atoms with E-state index in [2.05, 4.69) is 5.32 Å². The van der Waals surface area contributed by atoms with Crippen LogP contribution in [-0.2, 0) is 4.79 Å². The summed E-state index contributed by atoms with van der Waals surface area (Å²) < 4.78 is 5.46. The van der Waals surface area contributed by atoms with Crippen LogP contribution in [0.5, 0.6) is 5.75 Å². The molecule has 22 heavy (non-hydrogen) atoms. The predicted molar refractivity (Wildman–Crippen MR) is 86.0 cm³/mol. The van der Waals surface area contributed by atoms with Gasteiger partial charge in [-0.2, -0.15) is 0 Å². The molecule has 0 atom stereocenters. The molecule has 0 aliphatic heterocycles. The third kappa shape index (κ3) is 4.48. The molecule has 1 aromatic carbocycles. The van der Waals surface area contributed by atoms with Gasteiger partial charge in [-0.3, -0.25) is 9.59 Å². The van der Waals surface area contributed by atoms with E-state index in [-0.39, 0.29) is 24.3 Å². The largest absolute Gasteiger partial charge is 0.482 e. The average Bonchev–Trinajstić information content (AvgIpc) is 2.53. The lowest BCUT2D eigenvalue weighted by molar-refractivity contribution is -0.124. The molecule has 1 fully saturated rings. The number of nitrogens with one attached hydrogen (secondary N) is 1. The summed E-state index contributed by atoms with van der Waals surface area (Å²) in [7, 11) is 0. The number of nitrogen functional groups attached to an aromatic ring is 1. The van der Waals surface area contributed by atoms with Crippen molar-refractivity contribution in [2.24, 2.45) is 0 Å². The Labute approximate surface area is 131 Å². The molecule has 3 N–H and O–H groups in total. The first-order valence-corrected chi connectivity index (χ1v) is 7.95. The van der Waals surface area contributed by atoms with Gasteiger partial charge in [0.25, 0.3) is 5.91 Å². The molecule has 1 aliphatic carbocycles. The van der Waals surface area contributed by atoms with Crippen LogP contribution in [0.1, 0.15) is 55.8 Å². The van der Waals surface area contributed by atoms with E-state index in [0.29, 0.717) is 23.4 Å². The molecule has 0 heterocycles. The van der Waals surface area contributed by atoms with Crippen LogP contribution < -0.4 is 15.8 Å². The molecule has 5 nitrogen and oxygen atoms in total. The Bertz CT molecular complexity index is 537. The zero-order chi connectivity index (χ0) is 15.9. The van der Waals surface area contributed by atoms with Crippen molar-refractivity contribution in [2.75, 3.05) is 12.3 Å². The summed E-state index contributed by atoms with van der Waals surface area (Å²) in [6.07, 6.45) is 6.12. The minimum atomic E-state index is -0.125. The van der Waals surface area contributed by atoms with Gasteiger partial charge in [0.2, 0.25) is 0 Å². The number of ether oxygens (including phenoxy) is 1. The third-order valence-electron chi connectivity index (χ3n) is 3.98. The van der Waals surface area contributed by atoms with E-state index in [1.54, 1.807) is 25.1 Å². The summed E-state index contributed by atoms with van der Waals surface area (Å²) in [6, 6.07) is 5.19. The molecule has 0 saturated heterocycles. The van der Waals surface area contributed by atoms with Gasteiger partial charge in [-0.25, -0.2) is 0 Å². The standard InChI is InChI=1S/C17H24N2O3/c1-2-15(20)12-8-9-16(14(18)10-12)22-11-17(21)19-13-6-4-3-5-7-13/h8-10,13H,2-7,11,18H2,1H3,(H,19,21). The minimum absolute atomic E-state index is 0.0355. The van der Waals surface area contributed by atoms with E-state index in [1.165, 1.54) is 19.3 Å². The molecule has 1 aliphatic rings. The maximum Gasteiger partial charge on any atom is 0.258 e. The van der Waals surface area contributed by atoms with Crippen molar-refractivity contribution in [3.8, 4) is 5.75 Å². The molecular weight excluding hydrogens is 280 g/mol. The topological polar surface area (TPSA) is 81.4 Å². The van der Waals surface area contributed by atoms with Crippen LogP contribution in [0.4, 0.5) is 5.69 Å². The molecule has 0 bridgehead atoms. The molecule has 2 rings (SSSR count). The van der Waals surface area contributed by atoms with Crippen molar-refractivity contribution in [3.63, 3.8) is 0 Å². The second kappa shape index (κ2) is 7.82. The monoisotopic (exact) mass is 304 g/mol. The fourth-order valence-electron chi connectivity index (χ4n) is 2.72. The number of ketones is 1. The number of rotatable bonds is 6. The zero-order valence-electron chi connectivity index (χ0n) is 13.1.